The van der Waals surface area contributed by atoms with Gasteiger partial charge >= 0.3 is 0 Å². The van der Waals surface area contributed by atoms with E-state index in [0.29, 0.717) is 5.82 Å². The van der Waals surface area contributed by atoms with Crippen LogP contribution in [0.3, 0.4) is 0 Å². The largest absolute Gasteiger partial charge is 0.377 e. The fraction of sp³-hybridized carbons (Fsp3) is 0.625. The van der Waals surface area contributed by atoms with Crippen molar-refractivity contribution in [3.63, 3.8) is 0 Å². The number of hydrogen-bond acceptors (Lipinski definition) is 4. The van der Waals surface area contributed by atoms with Gasteiger partial charge in [-0.15, -0.1) is 0 Å². The van der Waals surface area contributed by atoms with Crippen LogP contribution in [0.1, 0.15) is 31.7 Å². The average molecular weight is 291 g/mol. The minimum Gasteiger partial charge on any atom is -0.377 e. The average Bonchev–Trinajstić information content (AvgIpc) is 2.46. The molecule has 0 saturated carbocycles. The second kappa shape index (κ2) is 7.52. The van der Waals surface area contributed by atoms with Gasteiger partial charge in [0.05, 0.1) is 12.0 Å². The van der Waals surface area contributed by atoms with E-state index in [1.54, 1.807) is 6.20 Å². The third-order valence-electron chi connectivity index (χ3n) is 3.75. The summed E-state index contributed by atoms with van der Waals surface area (Å²) in [5.74, 6) is 0.582. The summed E-state index contributed by atoms with van der Waals surface area (Å²) in [6.07, 6.45) is 4.48. The van der Waals surface area contributed by atoms with Gasteiger partial charge in [0, 0.05) is 19.3 Å². The molecule has 0 radical (unpaired) electrons. The van der Waals surface area contributed by atoms with E-state index in [4.69, 9.17) is 4.74 Å². The van der Waals surface area contributed by atoms with Crippen molar-refractivity contribution in [2.24, 2.45) is 5.92 Å². The number of pyridine rings is 1. The number of ether oxygens (including phenoxy) is 1. The maximum absolute atomic E-state index is 12.4. The molecule has 1 aromatic rings. The number of nitrogens with one attached hydrogen (secondary N) is 1. The summed E-state index contributed by atoms with van der Waals surface area (Å²) in [5.41, 5.74) is 1.14. The van der Waals surface area contributed by atoms with Gasteiger partial charge < -0.3 is 15.0 Å². The van der Waals surface area contributed by atoms with E-state index in [1.807, 2.05) is 26.2 Å². The number of carbonyl (C=O) groups is 1. The zero-order valence-electron chi connectivity index (χ0n) is 13.1. The minimum atomic E-state index is -0.0666. The summed E-state index contributed by atoms with van der Waals surface area (Å²) in [4.78, 5) is 18.8. The first-order chi connectivity index (χ1) is 10.1. The van der Waals surface area contributed by atoms with Crippen molar-refractivity contribution in [1.82, 2.24) is 9.88 Å². The predicted molar refractivity (Wildman–Crippen MR) is 83.0 cm³/mol. The summed E-state index contributed by atoms with van der Waals surface area (Å²) in [6.45, 7) is 3.65. The number of rotatable bonds is 5. The summed E-state index contributed by atoms with van der Waals surface area (Å²) in [5, 5.41) is 2.94. The van der Waals surface area contributed by atoms with E-state index in [1.165, 1.54) is 0 Å². The molecule has 0 bridgehead atoms. The first-order valence-electron chi connectivity index (χ1n) is 7.62. The second-order valence-corrected chi connectivity index (χ2v) is 5.84. The van der Waals surface area contributed by atoms with E-state index in [0.717, 1.165) is 38.0 Å². The molecule has 1 saturated heterocycles. The molecule has 5 heteroatoms. The van der Waals surface area contributed by atoms with Crippen LogP contribution in [0, 0.1) is 5.92 Å². The predicted octanol–water partition coefficient (Wildman–Crippen LogP) is 2.29. The first-order valence-corrected chi connectivity index (χ1v) is 7.62. The molecule has 1 aliphatic rings. The molecule has 1 N–H and O–H groups in total. The van der Waals surface area contributed by atoms with Crippen LogP contribution >= 0.6 is 0 Å². The van der Waals surface area contributed by atoms with Gasteiger partial charge in [0.15, 0.2) is 0 Å². The molecule has 1 aliphatic heterocycles. The lowest BCUT2D eigenvalue weighted by Crippen LogP contribution is -2.38. The second-order valence-electron chi connectivity index (χ2n) is 5.84. The summed E-state index contributed by atoms with van der Waals surface area (Å²) < 4.78 is 5.69. The number of hydrogen-bond donors (Lipinski definition) is 1. The Labute approximate surface area is 126 Å². The van der Waals surface area contributed by atoms with Crippen molar-refractivity contribution in [2.45, 2.75) is 38.8 Å². The highest BCUT2D eigenvalue weighted by Gasteiger charge is 2.30. The smallest absolute Gasteiger partial charge is 0.231 e. The minimum absolute atomic E-state index is 0.0241. The van der Waals surface area contributed by atoms with Crippen molar-refractivity contribution in [3.05, 3.63) is 23.9 Å². The number of nitrogens with zero attached hydrogens (tertiary/aromatic N) is 2. The van der Waals surface area contributed by atoms with Crippen LogP contribution in [0.2, 0.25) is 0 Å². The highest BCUT2D eigenvalue weighted by molar-refractivity contribution is 5.92. The summed E-state index contributed by atoms with van der Waals surface area (Å²) >= 11 is 0. The Morgan fingerprint density at radius 1 is 1.52 bits per heavy atom. The van der Waals surface area contributed by atoms with E-state index in [-0.39, 0.29) is 17.9 Å². The molecule has 1 aromatic heterocycles. The number of amides is 1. The molecule has 116 valence electrons. The van der Waals surface area contributed by atoms with Crippen LogP contribution in [-0.4, -0.2) is 42.6 Å². The quantitative estimate of drug-likeness (QED) is 0.904. The third kappa shape index (κ3) is 4.51. The van der Waals surface area contributed by atoms with Crippen LogP contribution in [-0.2, 0) is 16.1 Å². The van der Waals surface area contributed by atoms with Gasteiger partial charge in [-0.1, -0.05) is 6.92 Å². The molecule has 0 aliphatic carbocycles. The van der Waals surface area contributed by atoms with Crippen LogP contribution in [0.15, 0.2) is 18.3 Å². The molecule has 0 unspecified atom stereocenters. The van der Waals surface area contributed by atoms with Crippen molar-refractivity contribution in [2.75, 3.05) is 26.0 Å². The van der Waals surface area contributed by atoms with Crippen molar-refractivity contribution in [1.29, 1.82) is 0 Å². The molecule has 5 nitrogen and oxygen atoms in total. The molecular formula is C16H25N3O2. The van der Waals surface area contributed by atoms with Gasteiger partial charge in [-0.25, -0.2) is 4.98 Å². The van der Waals surface area contributed by atoms with Gasteiger partial charge in [-0.3, -0.25) is 4.79 Å². The molecule has 21 heavy (non-hydrogen) atoms. The van der Waals surface area contributed by atoms with Gasteiger partial charge in [0.25, 0.3) is 0 Å². The molecule has 2 heterocycles. The van der Waals surface area contributed by atoms with Crippen LogP contribution in [0.4, 0.5) is 5.82 Å². The SMILES string of the molecule is CC[C@@H]1OCCC[C@H]1C(=O)Nc1cc(CN(C)C)ccn1. The maximum Gasteiger partial charge on any atom is 0.231 e. The summed E-state index contributed by atoms with van der Waals surface area (Å²) in [7, 11) is 4.04. The molecule has 2 atom stereocenters. The van der Waals surface area contributed by atoms with E-state index >= 15 is 0 Å². The van der Waals surface area contributed by atoms with Crippen molar-refractivity contribution < 1.29 is 9.53 Å². The highest BCUT2D eigenvalue weighted by Crippen LogP contribution is 2.24. The first kappa shape index (κ1) is 15.9. The maximum atomic E-state index is 12.4. The lowest BCUT2D eigenvalue weighted by Gasteiger charge is -2.29. The third-order valence-corrected chi connectivity index (χ3v) is 3.75. The Morgan fingerprint density at radius 2 is 2.33 bits per heavy atom. The molecular weight excluding hydrogens is 266 g/mol. The van der Waals surface area contributed by atoms with Gasteiger partial charge in [-0.05, 0) is 51.1 Å². The molecule has 2 rings (SSSR count). The molecule has 1 amide bonds. The lowest BCUT2D eigenvalue weighted by molar-refractivity contribution is -0.129. The topological polar surface area (TPSA) is 54.5 Å². The number of carbonyl (C=O) groups excluding carboxylic acids is 1. The van der Waals surface area contributed by atoms with Crippen LogP contribution in [0.5, 0.6) is 0 Å². The molecule has 0 spiro atoms. The van der Waals surface area contributed by atoms with Crippen molar-refractivity contribution in [3.8, 4) is 0 Å². The number of anilines is 1. The Bertz CT molecular complexity index is 476. The normalized spacial score (nSPS) is 22.3. The van der Waals surface area contributed by atoms with E-state index in [9.17, 15) is 4.79 Å². The van der Waals surface area contributed by atoms with Crippen molar-refractivity contribution >= 4 is 11.7 Å². The van der Waals surface area contributed by atoms with E-state index < -0.39 is 0 Å². The summed E-state index contributed by atoms with van der Waals surface area (Å²) in [6, 6.07) is 3.90. The Hall–Kier alpha value is -1.46. The fourth-order valence-electron chi connectivity index (χ4n) is 2.77. The van der Waals surface area contributed by atoms with Crippen LogP contribution < -0.4 is 5.32 Å². The fourth-order valence-corrected chi connectivity index (χ4v) is 2.77. The standard InChI is InChI=1S/C16H25N3O2/c1-4-14-13(6-5-9-21-14)16(20)18-15-10-12(7-8-17-15)11-19(2)3/h7-8,10,13-14H,4-6,9,11H2,1-3H3,(H,17,18,20)/t13-,14+/m1/s1. The zero-order chi connectivity index (χ0) is 15.2. The van der Waals surface area contributed by atoms with Gasteiger partial charge in [-0.2, -0.15) is 0 Å². The Kier molecular flexibility index (Phi) is 5.70. The van der Waals surface area contributed by atoms with E-state index in [2.05, 4.69) is 22.1 Å². The number of aromatic nitrogens is 1. The Morgan fingerprint density at radius 3 is 3.05 bits per heavy atom. The monoisotopic (exact) mass is 291 g/mol. The molecule has 0 aromatic carbocycles. The molecule has 1 fully saturated rings. The van der Waals surface area contributed by atoms with Crippen LogP contribution in [0.25, 0.3) is 0 Å². The van der Waals surface area contributed by atoms with Gasteiger partial charge in [0.1, 0.15) is 5.82 Å². The van der Waals surface area contributed by atoms with Gasteiger partial charge in [0.2, 0.25) is 5.91 Å². The lowest BCUT2D eigenvalue weighted by atomic mass is 9.92. The zero-order valence-corrected chi connectivity index (χ0v) is 13.1. The highest BCUT2D eigenvalue weighted by atomic mass is 16.5. The Balaban J connectivity index is 2.01.